The normalized spacial score (nSPS) is 13.1. The van der Waals surface area contributed by atoms with Gasteiger partial charge in [-0.05, 0) is 63.1 Å². The quantitative estimate of drug-likeness (QED) is 0.0876. The van der Waals surface area contributed by atoms with Crippen LogP contribution in [0.1, 0.15) is 55.4 Å². The fourth-order valence-corrected chi connectivity index (χ4v) is 3.35. The van der Waals surface area contributed by atoms with Crippen LogP contribution in [0.5, 0.6) is 0 Å². The molecule has 22 heteroatoms. The summed E-state index contributed by atoms with van der Waals surface area (Å²) in [6, 6.07) is 7.93. The first-order valence-electron chi connectivity index (χ1n) is 15.3. The van der Waals surface area contributed by atoms with Crippen LogP contribution in [0.3, 0.4) is 0 Å². The smallest absolute Gasteiger partial charge is 0.876 e. The van der Waals surface area contributed by atoms with Crippen molar-refractivity contribution in [2.24, 2.45) is 20.0 Å². The summed E-state index contributed by atoms with van der Waals surface area (Å²) in [6.45, 7) is 15.2. The van der Waals surface area contributed by atoms with Gasteiger partial charge in [0.05, 0.1) is 26.2 Å². The monoisotopic (exact) mass is 914 g/mol. The molecule has 0 amide bonds. The van der Waals surface area contributed by atoms with Gasteiger partial charge in [-0.3, -0.25) is 29.9 Å². The Bertz CT molecular complexity index is 1370. The molecule has 0 N–H and O–H groups in total. The van der Waals surface area contributed by atoms with Crippen LogP contribution in [0.2, 0.25) is 0 Å². The molecular formula is C34H44Cl2N6Ni2O12. The molecule has 2 radical (unpaired) electrons. The van der Waals surface area contributed by atoms with E-state index >= 15 is 0 Å². The third-order valence-corrected chi connectivity index (χ3v) is 4.99. The van der Waals surface area contributed by atoms with Gasteiger partial charge in [-0.1, -0.05) is 52.0 Å². The Labute approximate surface area is 351 Å². The molecule has 0 atom stereocenters. The molecular weight excluding hydrogens is 873 g/mol. The molecule has 2 rings (SSSR count). The van der Waals surface area contributed by atoms with Crippen LogP contribution in [0.4, 0.5) is 0 Å². The summed E-state index contributed by atoms with van der Waals surface area (Å²) in [5.74, 6) is -0.0339. The van der Waals surface area contributed by atoms with Gasteiger partial charge in [0.15, 0.2) is 0 Å². The fraction of sp³-hybridized carbons (Fsp3) is 0.353. The van der Waals surface area contributed by atoms with Crippen molar-refractivity contribution in [3.8, 4) is 11.1 Å². The second-order valence-electron chi connectivity index (χ2n) is 10.3. The molecule has 0 saturated carbocycles. The van der Waals surface area contributed by atoms with E-state index in [9.17, 15) is 20.4 Å². The maximum absolute atomic E-state index is 10.7. The minimum atomic E-state index is -4.94. The molecule has 0 unspecified atom stereocenters. The maximum atomic E-state index is 10.7. The Morgan fingerprint density at radius 1 is 0.429 bits per heavy atom. The van der Waals surface area contributed by atoms with E-state index in [1.807, 2.05) is 24.3 Å². The number of hydrogen-bond donors (Lipinski definition) is 0. The number of nitrogens with zero attached hydrogens (tertiary/aromatic N) is 6. The SMILES string of the molecule is CC(/C=C(/C)[O-])=NCCN=C(C)/C=C(/C)[O-].CC(/C=C(/C)[O-])=NCCN=C(C)/C=C(/C)[O-].[Ni+3].[Ni+3].[O-][Cl+3]([O-])([O-])[O-].[O-][Cl+3]([O-])([O-])[O-].c1cc(-c2ccncc2)ccn1. The predicted octanol–water partition coefficient (Wildman–Crippen LogP) is -6.50. The molecule has 56 heavy (non-hydrogen) atoms. The van der Waals surface area contributed by atoms with Gasteiger partial charge in [-0.15, -0.1) is 43.5 Å². The summed E-state index contributed by atoms with van der Waals surface area (Å²) >= 11 is 0. The van der Waals surface area contributed by atoms with Crippen molar-refractivity contribution in [3.63, 3.8) is 0 Å². The molecule has 0 aliphatic heterocycles. The first kappa shape index (κ1) is 61.6. The Morgan fingerprint density at radius 3 is 0.732 bits per heavy atom. The van der Waals surface area contributed by atoms with Crippen molar-refractivity contribution in [2.75, 3.05) is 26.2 Å². The Morgan fingerprint density at radius 2 is 0.589 bits per heavy atom. The molecule has 0 saturated heterocycles. The van der Waals surface area contributed by atoms with Gasteiger partial charge in [0.1, 0.15) is 0 Å². The van der Waals surface area contributed by atoms with Crippen LogP contribution in [0, 0.1) is 20.5 Å². The second-order valence-corrected chi connectivity index (χ2v) is 11.9. The van der Waals surface area contributed by atoms with Gasteiger partial charge in [-0.25, -0.2) is 37.3 Å². The average Bonchev–Trinajstić information content (AvgIpc) is 3.00. The minimum Gasteiger partial charge on any atom is -0.876 e. The van der Waals surface area contributed by atoms with Gasteiger partial charge >= 0.3 is 33.0 Å². The zero-order chi connectivity index (χ0) is 42.3. The molecule has 2 aromatic rings. The van der Waals surface area contributed by atoms with E-state index in [-0.39, 0.29) is 56.0 Å². The maximum Gasteiger partial charge on any atom is 3.00 e. The predicted molar refractivity (Wildman–Crippen MR) is 174 cm³/mol. The minimum absolute atomic E-state index is 0. The summed E-state index contributed by atoms with van der Waals surface area (Å²) in [5, 5.41) is 42.8. The number of aliphatic imine (C=N–C) groups is 4. The van der Waals surface area contributed by atoms with E-state index in [4.69, 9.17) is 37.3 Å². The summed E-state index contributed by atoms with van der Waals surface area (Å²) in [7, 11) is -9.89. The third kappa shape index (κ3) is 57.1. The van der Waals surface area contributed by atoms with Crippen molar-refractivity contribution in [1.82, 2.24) is 9.97 Å². The largest absolute Gasteiger partial charge is 3.00 e. The number of allylic oxidation sites excluding steroid dienone is 8. The van der Waals surface area contributed by atoms with Gasteiger partial charge in [0.25, 0.3) is 0 Å². The van der Waals surface area contributed by atoms with Gasteiger partial charge in [0, 0.05) is 47.6 Å². The fourth-order valence-electron chi connectivity index (χ4n) is 3.35. The summed E-state index contributed by atoms with van der Waals surface area (Å²) in [5.41, 5.74) is 5.17. The van der Waals surface area contributed by atoms with Crippen molar-refractivity contribution in [3.05, 3.63) is 96.4 Å². The first-order chi connectivity index (χ1) is 24.8. The van der Waals surface area contributed by atoms with Crippen molar-refractivity contribution in [2.45, 2.75) is 55.4 Å². The Balaban J connectivity index is -0.000000204. The number of pyridine rings is 2. The summed E-state index contributed by atoms with van der Waals surface area (Å²) in [6.07, 6.45) is 13.1. The van der Waals surface area contributed by atoms with E-state index < -0.39 is 20.5 Å². The number of aromatic nitrogens is 2. The van der Waals surface area contributed by atoms with Gasteiger partial charge in [-0.2, -0.15) is 0 Å². The molecule has 2 heterocycles. The third-order valence-electron chi connectivity index (χ3n) is 4.99. The summed E-state index contributed by atoms with van der Waals surface area (Å²) < 4.78 is 67.9. The molecule has 0 bridgehead atoms. The van der Waals surface area contributed by atoms with Crippen LogP contribution in [-0.2, 0) is 33.0 Å². The van der Waals surface area contributed by atoms with Crippen LogP contribution in [0.25, 0.3) is 11.1 Å². The first-order valence-corrected chi connectivity index (χ1v) is 17.8. The molecule has 0 spiro atoms. The number of halogens is 2. The second kappa shape index (κ2) is 35.8. The summed E-state index contributed by atoms with van der Waals surface area (Å²) in [4.78, 5) is 24.5. The van der Waals surface area contributed by atoms with Crippen LogP contribution < -0.4 is 57.7 Å². The van der Waals surface area contributed by atoms with E-state index in [1.54, 1.807) is 52.5 Å². The molecule has 316 valence electrons. The van der Waals surface area contributed by atoms with Crippen molar-refractivity contribution in [1.29, 1.82) is 0 Å². The average molecular weight is 917 g/mol. The van der Waals surface area contributed by atoms with E-state index in [0.717, 1.165) is 0 Å². The van der Waals surface area contributed by atoms with E-state index in [1.165, 1.54) is 63.1 Å². The molecule has 18 nitrogen and oxygen atoms in total. The van der Waals surface area contributed by atoms with Crippen molar-refractivity contribution >= 4 is 22.8 Å². The van der Waals surface area contributed by atoms with Gasteiger partial charge < -0.3 is 20.4 Å². The van der Waals surface area contributed by atoms with E-state index in [2.05, 4.69) is 29.9 Å². The Hall–Kier alpha value is -3.61. The van der Waals surface area contributed by atoms with Crippen LogP contribution >= 0.6 is 0 Å². The molecule has 0 fully saturated rings. The molecule has 0 aromatic carbocycles. The zero-order valence-electron chi connectivity index (χ0n) is 31.7. The number of rotatable bonds is 11. The number of hydrogen-bond acceptors (Lipinski definition) is 18. The topological polar surface area (TPSA) is 352 Å². The van der Waals surface area contributed by atoms with Crippen LogP contribution in [0.15, 0.2) is 116 Å². The van der Waals surface area contributed by atoms with Crippen LogP contribution in [-0.4, -0.2) is 59.0 Å². The van der Waals surface area contributed by atoms with Crippen molar-refractivity contribution < 1.29 is 111 Å². The zero-order valence-corrected chi connectivity index (χ0v) is 35.2. The van der Waals surface area contributed by atoms with Gasteiger partial charge in [0.2, 0.25) is 0 Å². The molecule has 2 aromatic heterocycles. The van der Waals surface area contributed by atoms with E-state index in [0.29, 0.717) is 49.0 Å². The standard InChI is InChI=1S/2C12H20N2O2.C10H8N2.2ClHO4.2Ni/c2*1-9(7-11(3)15)13-5-6-14-10(2)8-12(4)16;1-5-11-6-2-9(1)10-3-7-12-8-4-10;2*2-1(3,4)5;;/h2*7-8,15-16H,5-6H2,1-4H3;1-8H;2*(H,2,3,4,5);;/q;;;;;2*+3/p-6/b2*11-7-,12-8-,13-9?,14-10?;;;;;. The molecule has 0 aliphatic carbocycles. The molecule has 0 aliphatic rings. The Kier molecular flexibility index (Phi) is 39.4.